The third-order valence-electron chi connectivity index (χ3n) is 4.30. The molecule has 0 atom stereocenters. The van der Waals surface area contributed by atoms with E-state index in [-0.39, 0.29) is 4.90 Å². The fourth-order valence-electron chi connectivity index (χ4n) is 2.91. The Morgan fingerprint density at radius 2 is 1.86 bits per heavy atom. The first kappa shape index (κ1) is 18.4. The number of nitrogens with zero attached hydrogens (tertiary/aromatic N) is 2. The Morgan fingerprint density at radius 3 is 2.61 bits per heavy atom. The number of anilines is 2. The minimum atomic E-state index is -3.54. The van der Waals surface area contributed by atoms with Gasteiger partial charge >= 0.3 is 0 Å². The number of hydrogen-bond acceptors (Lipinski definition) is 5. The summed E-state index contributed by atoms with van der Waals surface area (Å²) < 4.78 is 26.4. The third kappa shape index (κ3) is 3.45. The topological polar surface area (TPSA) is 99.8 Å². The summed E-state index contributed by atoms with van der Waals surface area (Å²) in [5, 5.41) is 4.65. The normalized spacial score (nSPS) is 11.6. The van der Waals surface area contributed by atoms with E-state index in [4.69, 9.17) is 11.6 Å². The quantitative estimate of drug-likeness (QED) is 0.460. The van der Waals surface area contributed by atoms with Crippen molar-refractivity contribution in [2.75, 3.05) is 12.4 Å². The van der Waals surface area contributed by atoms with Crippen molar-refractivity contribution < 1.29 is 8.42 Å². The van der Waals surface area contributed by atoms with E-state index in [2.05, 4.69) is 25.0 Å². The lowest BCUT2D eigenvalue weighted by Crippen LogP contribution is -2.18. The van der Waals surface area contributed by atoms with E-state index in [1.54, 1.807) is 18.2 Å². The first-order valence-corrected chi connectivity index (χ1v) is 10.2. The minimum absolute atomic E-state index is 0.164. The number of H-pyrrole nitrogens is 1. The van der Waals surface area contributed by atoms with E-state index >= 15 is 0 Å². The molecule has 0 saturated heterocycles. The summed E-state index contributed by atoms with van der Waals surface area (Å²) in [7, 11) is -2.16. The van der Waals surface area contributed by atoms with Gasteiger partial charge in [0.25, 0.3) is 0 Å². The Bertz CT molecular complexity index is 1250. The Labute approximate surface area is 166 Å². The SMILES string of the molecule is CNS(=O)(=O)c1cccc(Nc2ncnc3[nH]cc(-c4ccc(Cl)cc4)c23)c1. The highest BCUT2D eigenvalue weighted by molar-refractivity contribution is 7.89. The summed E-state index contributed by atoms with van der Waals surface area (Å²) >= 11 is 5.99. The van der Waals surface area contributed by atoms with Crippen LogP contribution in [0.1, 0.15) is 0 Å². The van der Waals surface area contributed by atoms with Crippen LogP contribution in [0.3, 0.4) is 0 Å². The predicted molar refractivity (Wildman–Crippen MR) is 110 cm³/mol. The number of halogens is 1. The average molecular weight is 414 g/mol. The monoisotopic (exact) mass is 413 g/mol. The van der Waals surface area contributed by atoms with E-state index in [1.807, 2.05) is 30.5 Å². The average Bonchev–Trinajstić information content (AvgIpc) is 3.14. The summed E-state index contributed by atoms with van der Waals surface area (Å²) in [5.74, 6) is 0.565. The maximum Gasteiger partial charge on any atom is 0.240 e. The molecule has 0 unspecified atom stereocenters. The number of rotatable bonds is 5. The molecule has 2 aromatic carbocycles. The molecule has 2 heterocycles. The van der Waals surface area contributed by atoms with Gasteiger partial charge in [-0.25, -0.2) is 23.1 Å². The highest BCUT2D eigenvalue weighted by atomic mass is 35.5. The molecule has 28 heavy (non-hydrogen) atoms. The smallest absolute Gasteiger partial charge is 0.240 e. The number of aromatic amines is 1. The van der Waals surface area contributed by atoms with Gasteiger partial charge in [-0.05, 0) is 42.9 Å². The summed E-state index contributed by atoms with van der Waals surface area (Å²) in [6, 6.07) is 14.0. The fourth-order valence-corrected chi connectivity index (χ4v) is 3.81. The van der Waals surface area contributed by atoms with Crippen LogP contribution in [0.25, 0.3) is 22.2 Å². The number of benzene rings is 2. The summed E-state index contributed by atoms with van der Waals surface area (Å²) in [6.45, 7) is 0. The van der Waals surface area contributed by atoms with Crippen LogP contribution in [0.4, 0.5) is 11.5 Å². The van der Waals surface area contributed by atoms with Gasteiger partial charge in [0.1, 0.15) is 17.8 Å². The molecule has 4 rings (SSSR count). The van der Waals surface area contributed by atoms with Gasteiger partial charge in [-0.1, -0.05) is 29.8 Å². The third-order valence-corrected chi connectivity index (χ3v) is 5.96. The molecule has 0 radical (unpaired) electrons. The van der Waals surface area contributed by atoms with E-state index in [0.29, 0.717) is 22.2 Å². The van der Waals surface area contributed by atoms with Gasteiger partial charge in [0.05, 0.1) is 10.3 Å². The maximum atomic E-state index is 12.1. The molecule has 0 bridgehead atoms. The molecule has 0 aliphatic carbocycles. The van der Waals surface area contributed by atoms with E-state index < -0.39 is 10.0 Å². The lowest BCUT2D eigenvalue weighted by molar-refractivity contribution is 0.588. The Balaban J connectivity index is 1.79. The van der Waals surface area contributed by atoms with Crippen LogP contribution < -0.4 is 10.0 Å². The molecule has 0 amide bonds. The van der Waals surface area contributed by atoms with Gasteiger partial charge in [0, 0.05) is 22.5 Å². The van der Waals surface area contributed by atoms with Crippen LogP contribution in [0.2, 0.25) is 5.02 Å². The first-order valence-electron chi connectivity index (χ1n) is 8.36. The molecule has 0 aliphatic heterocycles. The fraction of sp³-hybridized carbons (Fsp3) is 0.0526. The standard InChI is InChI=1S/C19H16ClN5O2S/c1-21-28(26,27)15-4-2-3-14(9-15)25-19-17-16(10-22-18(17)23-11-24-19)12-5-7-13(20)8-6-12/h2-11,21H,1H3,(H2,22,23,24,25). The number of nitrogens with one attached hydrogen (secondary N) is 3. The Morgan fingerprint density at radius 1 is 1.07 bits per heavy atom. The van der Waals surface area contributed by atoms with Crippen molar-refractivity contribution >= 4 is 44.2 Å². The van der Waals surface area contributed by atoms with Crippen LogP contribution in [0, 0.1) is 0 Å². The number of fused-ring (bicyclic) bond motifs is 1. The van der Waals surface area contributed by atoms with Crippen molar-refractivity contribution in [2.24, 2.45) is 0 Å². The summed E-state index contributed by atoms with van der Waals surface area (Å²) in [4.78, 5) is 11.9. The first-order chi connectivity index (χ1) is 13.5. The molecule has 0 saturated carbocycles. The van der Waals surface area contributed by atoms with Gasteiger partial charge in [-0.2, -0.15) is 0 Å². The molecule has 0 aliphatic rings. The second-order valence-electron chi connectivity index (χ2n) is 6.02. The second-order valence-corrected chi connectivity index (χ2v) is 8.34. The second kappa shape index (κ2) is 7.23. The van der Waals surface area contributed by atoms with Gasteiger partial charge < -0.3 is 10.3 Å². The molecular weight excluding hydrogens is 398 g/mol. The van der Waals surface area contributed by atoms with Crippen molar-refractivity contribution in [1.82, 2.24) is 19.7 Å². The van der Waals surface area contributed by atoms with Gasteiger partial charge in [0.15, 0.2) is 0 Å². The highest BCUT2D eigenvalue weighted by Gasteiger charge is 2.15. The van der Waals surface area contributed by atoms with Crippen LogP contribution >= 0.6 is 11.6 Å². The van der Waals surface area contributed by atoms with Gasteiger partial charge in [-0.3, -0.25) is 0 Å². The minimum Gasteiger partial charge on any atom is -0.345 e. The molecule has 0 spiro atoms. The van der Waals surface area contributed by atoms with Crippen molar-refractivity contribution in [3.63, 3.8) is 0 Å². The molecule has 0 fully saturated rings. The molecule has 142 valence electrons. The van der Waals surface area contributed by atoms with Crippen molar-refractivity contribution in [3.8, 4) is 11.1 Å². The van der Waals surface area contributed by atoms with Crippen molar-refractivity contribution in [3.05, 3.63) is 66.1 Å². The molecular formula is C19H16ClN5O2S. The van der Waals surface area contributed by atoms with Crippen molar-refractivity contribution in [1.29, 1.82) is 0 Å². The molecule has 7 nitrogen and oxygen atoms in total. The van der Waals surface area contributed by atoms with Crippen LogP contribution in [-0.4, -0.2) is 30.4 Å². The number of hydrogen-bond donors (Lipinski definition) is 3. The van der Waals surface area contributed by atoms with E-state index in [9.17, 15) is 8.42 Å². The molecule has 4 aromatic rings. The summed E-state index contributed by atoms with van der Waals surface area (Å²) in [5.41, 5.74) is 3.13. The number of sulfonamides is 1. The van der Waals surface area contributed by atoms with Crippen molar-refractivity contribution in [2.45, 2.75) is 4.90 Å². The molecule has 2 aromatic heterocycles. The van der Waals surface area contributed by atoms with Crippen LogP contribution in [0.5, 0.6) is 0 Å². The lowest BCUT2D eigenvalue weighted by atomic mass is 10.1. The zero-order valence-electron chi connectivity index (χ0n) is 14.8. The van der Waals surface area contributed by atoms with Crippen LogP contribution in [0.15, 0.2) is 66.0 Å². The molecule has 3 N–H and O–H groups in total. The van der Waals surface area contributed by atoms with E-state index in [0.717, 1.165) is 16.5 Å². The van der Waals surface area contributed by atoms with E-state index in [1.165, 1.54) is 19.4 Å². The lowest BCUT2D eigenvalue weighted by Gasteiger charge is -2.10. The maximum absolute atomic E-state index is 12.1. The Kier molecular flexibility index (Phi) is 4.76. The zero-order chi connectivity index (χ0) is 19.7. The Hall–Kier alpha value is -2.94. The largest absolute Gasteiger partial charge is 0.345 e. The number of aromatic nitrogens is 3. The highest BCUT2D eigenvalue weighted by Crippen LogP contribution is 2.33. The summed E-state index contributed by atoms with van der Waals surface area (Å²) in [6.07, 6.45) is 3.30. The van der Waals surface area contributed by atoms with Gasteiger partial charge in [-0.15, -0.1) is 0 Å². The van der Waals surface area contributed by atoms with Gasteiger partial charge in [0.2, 0.25) is 10.0 Å². The van der Waals surface area contributed by atoms with Crippen LogP contribution in [-0.2, 0) is 10.0 Å². The molecule has 9 heteroatoms. The predicted octanol–water partition coefficient (Wildman–Crippen LogP) is 3.93. The zero-order valence-corrected chi connectivity index (χ0v) is 16.3.